The molecule has 0 radical (unpaired) electrons. The number of likely N-dealkylation sites (tertiary alicyclic amines) is 1. The van der Waals surface area contributed by atoms with Crippen molar-refractivity contribution in [3.05, 3.63) is 0 Å². The highest BCUT2D eigenvalue weighted by Crippen LogP contribution is 2.29. The van der Waals surface area contributed by atoms with Crippen molar-refractivity contribution in [1.82, 2.24) is 10.2 Å². The van der Waals surface area contributed by atoms with E-state index in [4.69, 9.17) is 4.74 Å². The summed E-state index contributed by atoms with van der Waals surface area (Å²) in [5, 5.41) is 2.20. The highest BCUT2D eigenvalue weighted by atomic mass is 16.6. The van der Waals surface area contributed by atoms with Gasteiger partial charge in [-0.15, -0.1) is 0 Å². The Labute approximate surface area is 82.4 Å². The Bertz CT molecular complexity index is 279. The fourth-order valence-corrected chi connectivity index (χ4v) is 2.03. The zero-order chi connectivity index (χ0) is 10.2. The van der Waals surface area contributed by atoms with Crippen LogP contribution in [-0.2, 0) is 9.53 Å². The summed E-state index contributed by atoms with van der Waals surface area (Å²) in [7, 11) is 2.01. The number of amides is 2. The van der Waals surface area contributed by atoms with Crippen LogP contribution < -0.4 is 5.32 Å². The zero-order valence-corrected chi connectivity index (χ0v) is 8.21. The summed E-state index contributed by atoms with van der Waals surface area (Å²) in [5.41, 5.74) is -0.873. The van der Waals surface area contributed by atoms with Gasteiger partial charge in [-0.2, -0.15) is 0 Å². The predicted octanol–water partition coefficient (Wildman–Crippen LogP) is 0.107. The smallest absolute Gasteiger partial charge is 0.415 e. The third-order valence-electron chi connectivity index (χ3n) is 2.94. The molecule has 78 valence electrons. The minimum atomic E-state index is -0.873. The summed E-state index contributed by atoms with van der Waals surface area (Å²) in [6.07, 6.45) is 1.52. The number of hydrogen-bond donors (Lipinski definition) is 1. The molecule has 14 heavy (non-hydrogen) atoms. The molecule has 1 atom stereocenters. The quantitative estimate of drug-likeness (QED) is 0.600. The SMILES string of the molecule is CN1CCCC2(CC1)OC(=O)NC2=O. The van der Waals surface area contributed by atoms with E-state index < -0.39 is 11.7 Å². The van der Waals surface area contributed by atoms with Crippen molar-refractivity contribution in [1.29, 1.82) is 0 Å². The van der Waals surface area contributed by atoms with Crippen LogP contribution >= 0.6 is 0 Å². The van der Waals surface area contributed by atoms with Gasteiger partial charge >= 0.3 is 6.09 Å². The summed E-state index contributed by atoms with van der Waals surface area (Å²) in [6, 6.07) is 0. The lowest BCUT2D eigenvalue weighted by Gasteiger charge is -2.21. The Morgan fingerprint density at radius 2 is 2.14 bits per heavy atom. The maximum Gasteiger partial charge on any atom is 0.415 e. The van der Waals surface area contributed by atoms with Gasteiger partial charge in [0.15, 0.2) is 5.60 Å². The maximum absolute atomic E-state index is 11.5. The fraction of sp³-hybridized carbons (Fsp3) is 0.778. The van der Waals surface area contributed by atoms with Gasteiger partial charge in [0.1, 0.15) is 0 Å². The molecule has 2 saturated heterocycles. The first-order valence-corrected chi connectivity index (χ1v) is 4.85. The predicted molar refractivity (Wildman–Crippen MR) is 48.7 cm³/mol. The van der Waals surface area contributed by atoms with Crippen molar-refractivity contribution in [2.24, 2.45) is 0 Å². The third-order valence-corrected chi connectivity index (χ3v) is 2.94. The van der Waals surface area contributed by atoms with E-state index in [1.807, 2.05) is 7.05 Å². The molecule has 2 heterocycles. The standard InChI is InChI=1S/C9H14N2O3/c1-11-5-2-3-9(4-6-11)7(12)10-8(13)14-9/h2-6H2,1H3,(H,10,12,13). The van der Waals surface area contributed by atoms with Crippen molar-refractivity contribution in [2.75, 3.05) is 20.1 Å². The summed E-state index contributed by atoms with van der Waals surface area (Å²) in [6.45, 7) is 1.74. The van der Waals surface area contributed by atoms with Crippen LogP contribution in [-0.4, -0.2) is 42.6 Å². The van der Waals surface area contributed by atoms with Crippen LogP contribution in [0.5, 0.6) is 0 Å². The second-order valence-electron chi connectivity index (χ2n) is 3.99. The molecule has 0 aromatic carbocycles. The van der Waals surface area contributed by atoms with E-state index in [9.17, 15) is 9.59 Å². The van der Waals surface area contributed by atoms with Gasteiger partial charge in [0.25, 0.3) is 5.91 Å². The average Bonchev–Trinajstić information content (AvgIpc) is 2.31. The maximum atomic E-state index is 11.5. The lowest BCUT2D eigenvalue weighted by atomic mass is 9.94. The van der Waals surface area contributed by atoms with Crippen molar-refractivity contribution < 1.29 is 14.3 Å². The summed E-state index contributed by atoms with van der Waals surface area (Å²) in [4.78, 5) is 24.6. The molecule has 1 unspecified atom stereocenters. The third kappa shape index (κ3) is 1.48. The lowest BCUT2D eigenvalue weighted by Crippen LogP contribution is -2.39. The molecule has 0 bridgehead atoms. The molecule has 5 nitrogen and oxygen atoms in total. The monoisotopic (exact) mass is 198 g/mol. The van der Waals surface area contributed by atoms with Crippen molar-refractivity contribution >= 4 is 12.0 Å². The molecule has 0 aliphatic carbocycles. The number of imide groups is 1. The Morgan fingerprint density at radius 1 is 1.36 bits per heavy atom. The number of ether oxygens (including phenoxy) is 1. The normalized spacial score (nSPS) is 34.1. The van der Waals surface area contributed by atoms with Gasteiger partial charge in [0.2, 0.25) is 0 Å². The summed E-state index contributed by atoms with van der Waals surface area (Å²) >= 11 is 0. The van der Waals surface area contributed by atoms with E-state index in [2.05, 4.69) is 10.2 Å². The van der Waals surface area contributed by atoms with Crippen molar-refractivity contribution in [3.63, 3.8) is 0 Å². The number of carbonyl (C=O) groups is 2. The topological polar surface area (TPSA) is 58.6 Å². The van der Waals surface area contributed by atoms with Gasteiger partial charge in [-0.25, -0.2) is 4.79 Å². The number of carbonyl (C=O) groups excluding carboxylic acids is 2. The van der Waals surface area contributed by atoms with Crippen LogP contribution in [0.15, 0.2) is 0 Å². The van der Waals surface area contributed by atoms with Gasteiger partial charge in [-0.05, 0) is 26.4 Å². The van der Waals surface area contributed by atoms with Gasteiger partial charge in [0.05, 0.1) is 0 Å². The molecule has 2 amide bonds. The molecular formula is C9H14N2O3. The molecule has 2 aliphatic rings. The van der Waals surface area contributed by atoms with Crippen LogP contribution in [0.4, 0.5) is 4.79 Å². The first-order chi connectivity index (χ1) is 6.62. The molecular weight excluding hydrogens is 184 g/mol. The van der Waals surface area contributed by atoms with Crippen molar-refractivity contribution in [2.45, 2.75) is 24.9 Å². The van der Waals surface area contributed by atoms with E-state index >= 15 is 0 Å². The average molecular weight is 198 g/mol. The van der Waals surface area contributed by atoms with E-state index in [1.165, 1.54) is 0 Å². The molecule has 0 aromatic heterocycles. The Hall–Kier alpha value is -1.10. The Kier molecular flexibility index (Phi) is 2.19. The lowest BCUT2D eigenvalue weighted by molar-refractivity contribution is -0.132. The molecule has 2 fully saturated rings. The first kappa shape index (κ1) is 9.45. The van der Waals surface area contributed by atoms with Crippen LogP contribution in [0.1, 0.15) is 19.3 Å². The molecule has 0 saturated carbocycles. The highest BCUT2D eigenvalue weighted by Gasteiger charge is 2.48. The van der Waals surface area contributed by atoms with Crippen LogP contribution in [0.3, 0.4) is 0 Å². The van der Waals surface area contributed by atoms with Gasteiger partial charge in [-0.1, -0.05) is 0 Å². The van der Waals surface area contributed by atoms with E-state index in [1.54, 1.807) is 0 Å². The zero-order valence-electron chi connectivity index (χ0n) is 8.21. The second kappa shape index (κ2) is 3.24. The van der Waals surface area contributed by atoms with E-state index in [0.717, 1.165) is 19.5 Å². The Morgan fingerprint density at radius 3 is 2.79 bits per heavy atom. The van der Waals surface area contributed by atoms with Gasteiger partial charge in [0, 0.05) is 13.0 Å². The van der Waals surface area contributed by atoms with Gasteiger partial charge in [-0.3, -0.25) is 10.1 Å². The van der Waals surface area contributed by atoms with E-state index in [-0.39, 0.29) is 5.91 Å². The second-order valence-corrected chi connectivity index (χ2v) is 3.99. The molecule has 0 aromatic rings. The van der Waals surface area contributed by atoms with Crippen molar-refractivity contribution in [3.8, 4) is 0 Å². The largest absolute Gasteiger partial charge is 0.432 e. The minimum Gasteiger partial charge on any atom is -0.432 e. The van der Waals surface area contributed by atoms with Crippen LogP contribution in [0, 0.1) is 0 Å². The molecule has 1 spiro atoms. The molecule has 1 N–H and O–H groups in total. The van der Waals surface area contributed by atoms with Gasteiger partial charge < -0.3 is 9.64 Å². The Balaban J connectivity index is 2.15. The summed E-state index contributed by atoms with van der Waals surface area (Å²) in [5.74, 6) is -0.266. The number of rotatable bonds is 0. The minimum absolute atomic E-state index is 0.266. The molecule has 5 heteroatoms. The number of nitrogens with zero attached hydrogens (tertiary/aromatic N) is 1. The van der Waals surface area contributed by atoms with Crippen LogP contribution in [0.25, 0.3) is 0 Å². The van der Waals surface area contributed by atoms with Crippen LogP contribution in [0.2, 0.25) is 0 Å². The first-order valence-electron chi connectivity index (χ1n) is 4.85. The number of alkyl carbamates (subject to hydrolysis) is 1. The molecule has 2 rings (SSSR count). The van der Waals surface area contributed by atoms with E-state index in [0.29, 0.717) is 12.8 Å². The number of nitrogens with one attached hydrogen (secondary N) is 1. The number of hydrogen-bond acceptors (Lipinski definition) is 4. The molecule has 2 aliphatic heterocycles. The highest BCUT2D eigenvalue weighted by molar-refractivity contribution is 6.02. The summed E-state index contributed by atoms with van der Waals surface area (Å²) < 4.78 is 5.10. The fourth-order valence-electron chi connectivity index (χ4n) is 2.03.